The second kappa shape index (κ2) is 13.1. The second-order valence-corrected chi connectivity index (χ2v) is 11.8. The lowest BCUT2D eigenvalue weighted by Gasteiger charge is -2.23. The largest absolute Gasteiger partial charge is 0.445 e. The first kappa shape index (κ1) is 29.0. The summed E-state index contributed by atoms with van der Waals surface area (Å²) in [6.07, 6.45) is 10.9. The minimum atomic E-state index is -0.373. The Labute approximate surface area is 262 Å². The molecule has 6 heterocycles. The molecule has 0 spiro atoms. The van der Waals surface area contributed by atoms with Crippen molar-refractivity contribution < 1.29 is 14.3 Å². The highest BCUT2D eigenvalue weighted by Crippen LogP contribution is 2.34. The number of hydrogen-bond acceptors (Lipinski definition) is 8. The van der Waals surface area contributed by atoms with Crippen LogP contribution in [0.15, 0.2) is 73.2 Å². The Balaban J connectivity index is 1.11. The van der Waals surface area contributed by atoms with E-state index in [1.165, 1.54) is 0 Å². The van der Waals surface area contributed by atoms with E-state index in [2.05, 4.69) is 27.4 Å². The van der Waals surface area contributed by atoms with E-state index in [-0.39, 0.29) is 25.0 Å². The predicted molar refractivity (Wildman–Crippen MR) is 171 cm³/mol. The first-order valence-electron chi connectivity index (χ1n) is 15.8. The number of ether oxygens (including phenoxy) is 2. The van der Waals surface area contributed by atoms with Crippen LogP contribution in [0.25, 0.3) is 33.5 Å². The smallest absolute Gasteiger partial charge is 0.407 e. The quantitative estimate of drug-likeness (QED) is 0.245. The number of amides is 1. The van der Waals surface area contributed by atoms with Crippen LogP contribution in [0, 0.1) is 0 Å². The standard InChI is InChI=1S/C34H38N8O3/c1-40-22-25(20-36-40)29-19-27-30(21-35-29)42(32-14-5-6-18-44-32)39-33(27)28-12-7-13-31(38-28)41-16-8-11-26(15-17-41)37-34(43)45-23-24-9-3-2-4-10-24/h2-4,7,9-10,12-13,19-22,26,32H,5-6,8,11,14-18,23H2,1H3,(H,37,43). The van der Waals surface area contributed by atoms with Crippen molar-refractivity contribution in [2.45, 2.75) is 57.4 Å². The van der Waals surface area contributed by atoms with Crippen molar-refractivity contribution >= 4 is 22.8 Å². The molecule has 0 radical (unpaired) electrons. The van der Waals surface area contributed by atoms with E-state index >= 15 is 0 Å². The zero-order chi connectivity index (χ0) is 30.6. The van der Waals surface area contributed by atoms with Gasteiger partial charge in [0, 0.05) is 49.9 Å². The van der Waals surface area contributed by atoms with Crippen LogP contribution in [0.5, 0.6) is 0 Å². The topological polar surface area (TPSA) is 112 Å². The number of benzene rings is 1. The van der Waals surface area contributed by atoms with Crippen LogP contribution in [0.4, 0.5) is 10.6 Å². The number of pyridine rings is 2. The highest BCUT2D eigenvalue weighted by atomic mass is 16.5. The van der Waals surface area contributed by atoms with Crippen LogP contribution in [0.2, 0.25) is 0 Å². The van der Waals surface area contributed by atoms with Crippen molar-refractivity contribution in [2.75, 3.05) is 24.6 Å². The van der Waals surface area contributed by atoms with Gasteiger partial charge in [-0.3, -0.25) is 9.67 Å². The zero-order valence-corrected chi connectivity index (χ0v) is 25.5. The van der Waals surface area contributed by atoms with E-state index in [1.807, 2.05) is 72.8 Å². The van der Waals surface area contributed by atoms with Crippen molar-refractivity contribution in [3.63, 3.8) is 0 Å². The van der Waals surface area contributed by atoms with Crippen LogP contribution in [-0.4, -0.2) is 61.4 Å². The van der Waals surface area contributed by atoms with E-state index in [0.29, 0.717) is 0 Å². The molecule has 2 aliphatic rings. The van der Waals surface area contributed by atoms with Gasteiger partial charge < -0.3 is 19.7 Å². The fourth-order valence-corrected chi connectivity index (χ4v) is 6.21. The molecule has 1 amide bonds. The van der Waals surface area contributed by atoms with E-state index in [9.17, 15) is 4.79 Å². The van der Waals surface area contributed by atoms with E-state index in [0.717, 1.165) is 103 Å². The van der Waals surface area contributed by atoms with Gasteiger partial charge in [-0.2, -0.15) is 10.2 Å². The third kappa shape index (κ3) is 6.53. The van der Waals surface area contributed by atoms with Gasteiger partial charge in [0.2, 0.25) is 0 Å². The maximum absolute atomic E-state index is 12.5. The molecule has 5 aromatic rings. The van der Waals surface area contributed by atoms with Gasteiger partial charge in [-0.15, -0.1) is 0 Å². The molecular formula is C34H38N8O3. The Morgan fingerprint density at radius 2 is 1.91 bits per heavy atom. The van der Waals surface area contributed by atoms with E-state index in [4.69, 9.17) is 24.5 Å². The lowest BCUT2D eigenvalue weighted by atomic mass is 10.1. The Morgan fingerprint density at radius 1 is 1.00 bits per heavy atom. The molecule has 2 atom stereocenters. The van der Waals surface area contributed by atoms with Crippen molar-refractivity contribution in [1.82, 2.24) is 34.8 Å². The van der Waals surface area contributed by atoms with Gasteiger partial charge in [-0.1, -0.05) is 36.4 Å². The summed E-state index contributed by atoms with van der Waals surface area (Å²) in [5, 5.41) is 13.5. The lowest BCUT2D eigenvalue weighted by Crippen LogP contribution is -2.36. The maximum atomic E-state index is 12.5. The highest BCUT2D eigenvalue weighted by Gasteiger charge is 2.25. The molecule has 11 nitrogen and oxygen atoms in total. The van der Waals surface area contributed by atoms with Crippen molar-refractivity contribution in [2.24, 2.45) is 7.05 Å². The highest BCUT2D eigenvalue weighted by molar-refractivity contribution is 5.94. The molecule has 2 unspecified atom stereocenters. The van der Waals surface area contributed by atoms with Gasteiger partial charge in [0.1, 0.15) is 18.1 Å². The summed E-state index contributed by atoms with van der Waals surface area (Å²) >= 11 is 0. The minimum Gasteiger partial charge on any atom is -0.445 e. The summed E-state index contributed by atoms with van der Waals surface area (Å²) in [7, 11) is 1.90. The van der Waals surface area contributed by atoms with Gasteiger partial charge in [0.25, 0.3) is 0 Å². The fraction of sp³-hybridized carbons (Fsp3) is 0.382. The third-order valence-corrected chi connectivity index (χ3v) is 8.59. The van der Waals surface area contributed by atoms with Gasteiger partial charge in [0.05, 0.1) is 29.3 Å². The molecule has 45 heavy (non-hydrogen) atoms. The number of carbonyl (C=O) groups is 1. The normalized spacial score (nSPS) is 18.9. The number of aromatic nitrogens is 6. The molecule has 1 aromatic carbocycles. The van der Waals surface area contributed by atoms with E-state index in [1.54, 1.807) is 4.68 Å². The molecule has 11 heteroatoms. The molecule has 1 N–H and O–H groups in total. The molecule has 4 aromatic heterocycles. The summed E-state index contributed by atoms with van der Waals surface area (Å²) in [6, 6.07) is 18.0. The summed E-state index contributed by atoms with van der Waals surface area (Å²) < 4.78 is 15.4. The Hall–Kier alpha value is -4.77. The SMILES string of the molecule is Cn1cc(-c2cc3c(-c4cccc(N5CCCC(NC(=O)OCc6ccccc6)CC5)n4)nn(C4CCCCO4)c3cn2)cn1. The number of aryl methyl sites for hydroxylation is 1. The van der Waals surface area contributed by atoms with Gasteiger partial charge in [0.15, 0.2) is 6.23 Å². The van der Waals surface area contributed by atoms with Gasteiger partial charge >= 0.3 is 6.09 Å². The number of nitrogens with one attached hydrogen (secondary N) is 1. The maximum Gasteiger partial charge on any atom is 0.407 e. The average molecular weight is 607 g/mol. The third-order valence-electron chi connectivity index (χ3n) is 8.59. The predicted octanol–water partition coefficient (Wildman–Crippen LogP) is 5.88. The number of carbonyl (C=O) groups excluding carboxylic acids is 1. The molecule has 2 saturated heterocycles. The summed E-state index contributed by atoms with van der Waals surface area (Å²) in [5.41, 5.74) is 5.30. The zero-order valence-electron chi connectivity index (χ0n) is 25.5. The van der Waals surface area contributed by atoms with Crippen LogP contribution in [-0.2, 0) is 23.1 Å². The van der Waals surface area contributed by atoms with Crippen molar-refractivity contribution in [1.29, 1.82) is 0 Å². The lowest BCUT2D eigenvalue weighted by molar-refractivity contribution is -0.0365. The first-order chi connectivity index (χ1) is 22.1. The van der Waals surface area contributed by atoms with Crippen LogP contribution in [0.1, 0.15) is 50.3 Å². The van der Waals surface area contributed by atoms with Crippen molar-refractivity contribution in [3.05, 3.63) is 78.8 Å². The number of fused-ring (bicyclic) bond motifs is 1. The first-order valence-corrected chi connectivity index (χ1v) is 15.8. The summed E-state index contributed by atoms with van der Waals surface area (Å²) in [5.74, 6) is 0.901. The number of rotatable bonds is 7. The van der Waals surface area contributed by atoms with E-state index < -0.39 is 0 Å². The summed E-state index contributed by atoms with van der Waals surface area (Å²) in [4.78, 5) is 24.7. The molecule has 7 rings (SSSR count). The number of nitrogens with zero attached hydrogens (tertiary/aromatic N) is 7. The molecule has 2 aliphatic heterocycles. The van der Waals surface area contributed by atoms with Crippen molar-refractivity contribution in [3.8, 4) is 22.6 Å². The molecule has 0 saturated carbocycles. The average Bonchev–Trinajstić information content (AvgIpc) is 3.61. The molecule has 232 valence electrons. The molecule has 2 fully saturated rings. The van der Waals surface area contributed by atoms with Crippen LogP contribution in [0.3, 0.4) is 0 Å². The second-order valence-electron chi connectivity index (χ2n) is 11.8. The molecule has 0 aliphatic carbocycles. The van der Waals surface area contributed by atoms with Crippen LogP contribution >= 0.6 is 0 Å². The monoisotopic (exact) mass is 606 g/mol. The molecular weight excluding hydrogens is 568 g/mol. The fourth-order valence-electron chi connectivity index (χ4n) is 6.21. The van der Waals surface area contributed by atoms with Crippen LogP contribution < -0.4 is 10.2 Å². The number of alkyl carbamates (subject to hydrolysis) is 1. The van der Waals surface area contributed by atoms with Gasteiger partial charge in [-0.25, -0.2) is 14.5 Å². The number of hydrogen-bond donors (Lipinski definition) is 1. The summed E-state index contributed by atoms with van der Waals surface area (Å²) in [6.45, 7) is 2.62. The minimum absolute atomic E-state index is 0.0509. The Bertz CT molecular complexity index is 1760. The Kier molecular flexibility index (Phi) is 8.41. The number of anilines is 1. The molecule has 0 bridgehead atoms. The van der Waals surface area contributed by atoms with Gasteiger partial charge in [-0.05, 0) is 62.3 Å². The Morgan fingerprint density at radius 3 is 2.73 bits per heavy atom.